The van der Waals surface area contributed by atoms with Gasteiger partial charge in [0, 0.05) is 12.6 Å². The van der Waals surface area contributed by atoms with Crippen LogP contribution in [0.15, 0.2) is 30.3 Å². The van der Waals surface area contributed by atoms with Gasteiger partial charge < -0.3 is 15.5 Å². The van der Waals surface area contributed by atoms with Crippen LogP contribution in [-0.2, 0) is 6.42 Å². The van der Waals surface area contributed by atoms with Gasteiger partial charge in [-0.1, -0.05) is 30.3 Å². The Hall–Kier alpha value is -1.55. The number of nitrogens with zero attached hydrogens (tertiary/aromatic N) is 1. The van der Waals surface area contributed by atoms with Crippen LogP contribution in [0.4, 0.5) is 4.79 Å². The molecule has 102 valence electrons. The lowest BCUT2D eigenvalue weighted by molar-refractivity contribution is 0.156. The third-order valence-corrected chi connectivity index (χ3v) is 4.13. The van der Waals surface area contributed by atoms with Gasteiger partial charge in [0.25, 0.3) is 0 Å². The topological polar surface area (TPSA) is 44.4 Å². The number of urea groups is 1. The van der Waals surface area contributed by atoms with Gasteiger partial charge in [0.05, 0.1) is 6.04 Å². The summed E-state index contributed by atoms with van der Waals surface area (Å²) in [5.74, 6) is 0. The molecule has 0 aliphatic carbocycles. The van der Waals surface area contributed by atoms with Crippen molar-refractivity contribution in [2.24, 2.45) is 0 Å². The van der Waals surface area contributed by atoms with E-state index in [1.807, 2.05) is 6.07 Å². The molecule has 1 atom stereocenters. The molecule has 0 bridgehead atoms. The monoisotopic (exact) mass is 259 g/mol. The van der Waals surface area contributed by atoms with Gasteiger partial charge in [-0.2, -0.15) is 0 Å². The van der Waals surface area contributed by atoms with Crippen LogP contribution in [0, 0.1) is 0 Å². The summed E-state index contributed by atoms with van der Waals surface area (Å²) >= 11 is 0. The van der Waals surface area contributed by atoms with E-state index in [2.05, 4.69) is 39.8 Å². The summed E-state index contributed by atoms with van der Waals surface area (Å²) in [5.41, 5.74) is 1.31. The van der Waals surface area contributed by atoms with E-state index in [-0.39, 0.29) is 6.03 Å². The summed E-state index contributed by atoms with van der Waals surface area (Å²) in [6.07, 6.45) is 3.08. The molecule has 2 heterocycles. The van der Waals surface area contributed by atoms with Crippen LogP contribution in [0.1, 0.15) is 18.4 Å². The molecule has 2 fully saturated rings. The summed E-state index contributed by atoms with van der Waals surface area (Å²) in [7, 11) is 0. The lowest BCUT2D eigenvalue weighted by Gasteiger charge is -2.34. The number of hydrogen-bond donors (Lipinski definition) is 2. The van der Waals surface area contributed by atoms with Gasteiger partial charge in [0.2, 0.25) is 0 Å². The van der Waals surface area contributed by atoms with E-state index in [1.165, 1.54) is 5.56 Å². The van der Waals surface area contributed by atoms with Gasteiger partial charge in [-0.25, -0.2) is 4.79 Å². The molecule has 1 unspecified atom stereocenters. The van der Waals surface area contributed by atoms with Crippen molar-refractivity contribution in [3.05, 3.63) is 35.9 Å². The molecule has 2 saturated heterocycles. The maximum absolute atomic E-state index is 12.1. The second-order valence-corrected chi connectivity index (χ2v) is 5.42. The molecule has 2 aliphatic rings. The predicted octanol–water partition coefficient (Wildman–Crippen LogP) is 1.37. The molecule has 2 amide bonds. The van der Waals surface area contributed by atoms with Gasteiger partial charge >= 0.3 is 6.03 Å². The van der Waals surface area contributed by atoms with E-state index in [0.29, 0.717) is 12.1 Å². The van der Waals surface area contributed by atoms with Crippen LogP contribution >= 0.6 is 0 Å². The Kier molecular flexibility index (Phi) is 3.69. The second kappa shape index (κ2) is 5.61. The molecular formula is C15H21N3O. The number of carbonyl (C=O) groups excluding carboxylic acids is 1. The zero-order chi connectivity index (χ0) is 13.1. The van der Waals surface area contributed by atoms with Crippen molar-refractivity contribution in [3.8, 4) is 0 Å². The van der Waals surface area contributed by atoms with Crippen molar-refractivity contribution in [1.29, 1.82) is 0 Å². The van der Waals surface area contributed by atoms with E-state index < -0.39 is 0 Å². The van der Waals surface area contributed by atoms with Gasteiger partial charge in [-0.15, -0.1) is 0 Å². The second-order valence-electron chi connectivity index (χ2n) is 5.42. The largest absolute Gasteiger partial charge is 0.336 e. The quantitative estimate of drug-likeness (QED) is 0.861. The predicted molar refractivity (Wildman–Crippen MR) is 75.1 cm³/mol. The highest BCUT2D eigenvalue weighted by molar-refractivity contribution is 5.77. The molecule has 0 saturated carbocycles. The van der Waals surface area contributed by atoms with E-state index >= 15 is 0 Å². The Bertz CT molecular complexity index is 428. The first-order chi connectivity index (χ1) is 9.34. The Morgan fingerprint density at radius 1 is 1.16 bits per heavy atom. The van der Waals surface area contributed by atoms with Crippen LogP contribution in [0.25, 0.3) is 0 Å². The first kappa shape index (κ1) is 12.5. The minimum Gasteiger partial charge on any atom is -0.336 e. The Morgan fingerprint density at radius 3 is 2.63 bits per heavy atom. The van der Waals surface area contributed by atoms with Gasteiger partial charge in [0.1, 0.15) is 0 Å². The molecule has 1 aromatic carbocycles. The number of nitrogens with one attached hydrogen (secondary N) is 2. The number of piperidine rings is 1. The molecule has 1 aromatic rings. The van der Waals surface area contributed by atoms with E-state index in [0.717, 1.165) is 38.9 Å². The van der Waals surface area contributed by atoms with E-state index in [1.54, 1.807) is 0 Å². The summed E-state index contributed by atoms with van der Waals surface area (Å²) in [4.78, 5) is 14.2. The van der Waals surface area contributed by atoms with Crippen LogP contribution < -0.4 is 10.6 Å². The number of benzene rings is 1. The molecule has 2 aliphatic heterocycles. The molecule has 0 spiro atoms. The molecular weight excluding hydrogens is 238 g/mol. The van der Waals surface area contributed by atoms with Crippen molar-refractivity contribution in [2.45, 2.75) is 31.3 Å². The number of carbonyl (C=O) groups is 1. The Balaban J connectivity index is 1.71. The molecule has 2 N–H and O–H groups in total. The Labute approximate surface area is 114 Å². The van der Waals surface area contributed by atoms with Crippen molar-refractivity contribution >= 4 is 6.03 Å². The standard InChI is InChI=1S/C15H21N3O/c19-15-17-11-14(10-12-4-2-1-3-5-12)18(15)13-6-8-16-9-7-13/h1-5,13-14,16H,6-11H2,(H,17,19). The zero-order valence-electron chi connectivity index (χ0n) is 11.1. The average Bonchev–Trinajstić information content (AvgIpc) is 2.82. The van der Waals surface area contributed by atoms with Crippen molar-refractivity contribution in [3.63, 3.8) is 0 Å². The fourth-order valence-electron chi connectivity index (χ4n) is 3.17. The highest BCUT2D eigenvalue weighted by Gasteiger charge is 2.36. The van der Waals surface area contributed by atoms with Crippen LogP contribution in [0.3, 0.4) is 0 Å². The molecule has 0 aromatic heterocycles. The minimum absolute atomic E-state index is 0.118. The maximum atomic E-state index is 12.1. The molecule has 19 heavy (non-hydrogen) atoms. The fraction of sp³-hybridized carbons (Fsp3) is 0.533. The van der Waals surface area contributed by atoms with Gasteiger partial charge in [-0.3, -0.25) is 0 Å². The first-order valence-corrected chi connectivity index (χ1v) is 7.15. The van der Waals surface area contributed by atoms with Gasteiger partial charge in [-0.05, 0) is 37.9 Å². The molecule has 3 rings (SSSR count). The van der Waals surface area contributed by atoms with Crippen molar-refractivity contribution in [2.75, 3.05) is 19.6 Å². The number of rotatable bonds is 3. The van der Waals surface area contributed by atoms with Crippen LogP contribution in [0.2, 0.25) is 0 Å². The Morgan fingerprint density at radius 2 is 1.89 bits per heavy atom. The van der Waals surface area contributed by atoms with E-state index in [4.69, 9.17) is 0 Å². The normalized spacial score (nSPS) is 24.5. The minimum atomic E-state index is 0.118. The molecule has 4 heteroatoms. The van der Waals surface area contributed by atoms with Crippen LogP contribution in [0.5, 0.6) is 0 Å². The lowest BCUT2D eigenvalue weighted by Crippen LogP contribution is -2.48. The zero-order valence-corrected chi connectivity index (χ0v) is 11.1. The maximum Gasteiger partial charge on any atom is 0.318 e. The van der Waals surface area contributed by atoms with Crippen molar-refractivity contribution in [1.82, 2.24) is 15.5 Å². The first-order valence-electron chi connectivity index (χ1n) is 7.15. The summed E-state index contributed by atoms with van der Waals surface area (Å²) < 4.78 is 0. The summed E-state index contributed by atoms with van der Waals surface area (Å²) in [5, 5.41) is 6.36. The summed E-state index contributed by atoms with van der Waals surface area (Å²) in [6, 6.07) is 11.3. The van der Waals surface area contributed by atoms with E-state index in [9.17, 15) is 4.79 Å². The lowest BCUT2D eigenvalue weighted by atomic mass is 10.00. The van der Waals surface area contributed by atoms with Gasteiger partial charge in [0.15, 0.2) is 0 Å². The number of hydrogen-bond acceptors (Lipinski definition) is 2. The van der Waals surface area contributed by atoms with Crippen LogP contribution in [-0.4, -0.2) is 42.6 Å². The molecule has 0 radical (unpaired) electrons. The third kappa shape index (κ3) is 2.73. The summed E-state index contributed by atoms with van der Waals surface area (Å²) in [6.45, 7) is 2.82. The fourth-order valence-corrected chi connectivity index (χ4v) is 3.17. The third-order valence-electron chi connectivity index (χ3n) is 4.13. The smallest absolute Gasteiger partial charge is 0.318 e. The SMILES string of the molecule is O=C1NCC(Cc2ccccc2)N1C1CCNCC1. The highest BCUT2D eigenvalue weighted by atomic mass is 16.2. The van der Waals surface area contributed by atoms with Crippen molar-refractivity contribution < 1.29 is 4.79 Å². The highest BCUT2D eigenvalue weighted by Crippen LogP contribution is 2.21. The number of amides is 2. The molecule has 4 nitrogen and oxygen atoms in total. The average molecular weight is 259 g/mol.